The first-order valence-electron chi connectivity index (χ1n) is 9.06. The second-order valence-electron chi connectivity index (χ2n) is 6.63. The lowest BCUT2D eigenvalue weighted by Gasteiger charge is -2.13. The number of Topliss-reactive ketones (excluding diaryl/α,β-unsaturated/α-hetero) is 1. The summed E-state index contributed by atoms with van der Waals surface area (Å²) in [6.45, 7) is 2.96. The summed E-state index contributed by atoms with van der Waals surface area (Å²) in [6, 6.07) is 3.17. The fraction of sp³-hybridized carbons (Fsp3) is 0.200. The molecule has 3 heterocycles. The molecule has 3 aromatic heterocycles. The normalized spacial score (nSPS) is 12.0. The standard InChI is InChI=1S/C20H14F7N4O2/c1-2-7-30-10-16(21)31(11-30)9-14(32)13-4-6-17(29-18(13)20(25,26)27)33-12-3-5-15(28-8-12)19(22,23)24/h2-6,8,10-11H,1,7,9H2/q+1. The molecule has 0 aromatic carbocycles. The lowest BCUT2D eigenvalue weighted by Crippen LogP contribution is -2.30. The van der Waals surface area contributed by atoms with Gasteiger partial charge in [-0.15, -0.1) is 0 Å². The third-order valence-electron chi connectivity index (χ3n) is 4.18. The molecule has 0 atom stereocenters. The van der Waals surface area contributed by atoms with E-state index < -0.39 is 53.5 Å². The number of hydrogen-bond donors (Lipinski definition) is 0. The fourth-order valence-corrected chi connectivity index (χ4v) is 2.75. The molecule has 0 aliphatic heterocycles. The summed E-state index contributed by atoms with van der Waals surface area (Å²) in [5, 5.41) is 0. The molecule has 174 valence electrons. The van der Waals surface area contributed by atoms with Gasteiger partial charge in [0.05, 0.1) is 11.8 Å². The molecule has 0 amide bonds. The van der Waals surface area contributed by atoms with Crippen LogP contribution in [0, 0.1) is 5.95 Å². The topological polar surface area (TPSA) is 60.9 Å². The van der Waals surface area contributed by atoms with E-state index in [9.17, 15) is 35.5 Å². The number of ketones is 1. The molecule has 0 radical (unpaired) electrons. The van der Waals surface area contributed by atoms with Crippen molar-refractivity contribution < 1.29 is 44.8 Å². The molecule has 0 N–H and O–H groups in total. The molecular formula is C20H14F7N4O2+. The van der Waals surface area contributed by atoms with Crippen LogP contribution in [0.3, 0.4) is 0 Å². The maximum atomic E-state index is 14.0. The summed E-state index contributed by atoms with van der Waals surface area (Å²) in [4.78, 5) is 18.9. The molecule has 0 saturated carbocycles. The SMILES string of the molecule is C=CC[n+]1cc(F)n(CC(=O)c2ccc(Oc3ccc(C(F)(F)F)nc3)nc2C(F)(F)F)c1. The van der Waals surface area contributed by atoms with Gasteiger partial charge in [-0.1, -0.05) is 12.7 Å². The number of rotatable bonds is 7. The number of imidazole rings is 1. The highest BCUT2D eigenvalue weighted by molar-refractivity contribution is 5.97. The Morgan fingerprint density at radius 3 is 2.42 bits per heavy atom. The van der Waals surface area contributed by atoms with Gasteiger partial charge in [0.25, 0.3) is 0 Å². The monoisotopic (exact) mass is 475 g/mol. The molecule has 0 saturated heterocycles. The van der Waals surface area contributed by atoms with Crippen molar-refractivity contribution in [2.45, 2.75) is 25.4 Å². The largest absolute Gasteiger partial charge is 0.437 e. The first kappa shape index (κ1) is 23.9. The Morgan fingerprint density at radius 1 is 1.12 bits per heavy atom. The Bertz CT molecular complexity index is 1170. The predicted octanol–water partition coefficient (Wildman–Crippen LogP) is 4.60. The second-order valence-corrected chi connectivity index (χ2v) is 6.63. The number of aromatic nitrogens is 4. The minimum atomic E-state index is -5.07. The van der Waals surface area contributed by atoms with Crippen molar-refractivity contribution in [3.8, 4) is 11.6 Å². The number of carbonyl (C=O) groups excluding carboxylic acids is 1. The van der Waals surface area contributed by atoms with Crippen LogP contribution in [-0.2, 0) is 25.4 Å². The van der Waals surface area contributed by atoms with Crippen LogP contribution in [0.15, 0.2) is 55.6 Å². The van der Waals surface area contributed by atoms with Gasteiger partial charge in [-0.05, 0) is 18.2 Å². The Kier molecular flexibility index (Phi) is 6.51. The van der Waals surface area contributed by atoms with E-state index in [4.69, 9.17) is 4.74 Å². The van der Waals surface area contributed by atoms with Gasteiger partial charge in [0.15, 0.2) is 18.4 Å². The van der Waals surface area contributed by atoms with E-state index in [1.54, 1.807) is 0 Å². The lowest BCUT2D eigenvalue weighted by atomic mass is 10.1. The molecule has 3 aromatic rings. The number of alkyl halides is 6. The minimum Gasteiger partial charge on any atom is -0.437 e. The van der Waals surface area contributed by atoms with E-state index in [1.165, 1.54) is 17.0 Å². The minimum absolute atomic E-state index is 0.221. The average molecular weight is 475 g/mol. The van der Waals surface area contributed by atoms with Crippen LogP contribution in [0.1, 0.15) is 21.7 Å². The zero-order valence-electron chi connectivity index (χ0n) is 16.5. The van der Waals surface area contributed by atoms with E-state index in [2.05, 4.69) is 16.5 Å². The summed E-state index contributed by atoms with van der Waals surface area (Å²) >= 11 is 0. The summed E-state index contributed by atoms with van der Waals surface area (Å²) in [5.74, 6) is -2.85. The molecule has 3 rings (SSSR count). The van der Waals surface area contributed by atoms with Crippen LogP contribution in [0.4, 0.5) is 30.7 Å². The maximum absolute atomic E-state index is 14.0. The molecule has 0 aliphatic rings. The quantitative estimate of drug-likeness (QED) is 0.217. The maximum Gasteiger partial charge on any atom is 0.434 e. The Labute approximate surface area is 181 Å². The molecule has 33 heavy (non-hydrogen) atoms. The Balaban J connectivity index is 1.86. The second kappa shape index (κ2) is 9.00. The predicted molar refractivity (Wildman–Crippen MR) is 97.7 cm³/mol. The van der Waals surface area contributed by atoms with E-state index in [-0.39, 0.29) is 12.3 Å². The van der Waals surface area contributed by atoms with Gasteiger partial charge in [-0.3, -0.25) is 4.79 Å². The van der Waals surface area contributed by atoms with Gasteiger partial charge in [0, 0.05) is 6.07 Å². The van der Waals surface area contributed by atoms with Gasteiger partial charge >= 0.3 is 18.3 Å². The number of carbonyl (C=O) groups is 1. The van der Waals surface area contributed by atoms with E-state index in [1.807, 2.05) is 0 Å². The molecular weight excluding hydrogens is 461 g/mol. The average Bonchev–Trinajstić information content (AvgIpc) is 3.06. The first-order valence-corrected chi connectivity index (χ1v) is 9.06. The molecule has 6 nitrogen and oxygen atoms in total. The Hall–Kier alpha value is -3.77. The highest BCUT2D eigenvalue weighted by atomic mass is 19.4. The van der Waals surface area contributed by atoms with Gasteiger partial charge in [0.1, 0.15) is 18.0 Å². The van der Waals surface area contributed by atoms with E-state index in [0.29, 0.717) is 12.3 Å². The third kappa shape index (κ3) is 5.73. The zero-order valence-corrected chi connectivity index (χ0v) is 16.5. The summed E-state index contributed by atoms with van der Waals surface area (Å²) in [6.07, 6.45) is -5.39. The van der Waals surface area contributed by atoms with Crippen LogP contribution in [-0.4, -0.2) is 20.3 Å². The smallest absolute Gasteiger partial charge is 0.434 e. The zero-order chi connectivity index (χ0) is 24.4. The van der Waals surface area contributed by atoms with Crippen LogP contribution >= 0.6 is 0 Å². The summed E-state index contributed by atoms with van der Waals surface area (Å²) < 4.78 is 99.5. The van der Waals surface area contributed by atoms with Gasteiger partial charge in [0.2, 0.25) is 18.0 Å². The summed E-state index contributed by atoms with van der Waals surface area (Å²) in [7, 11) is 0. The molecule has 0 fully saturated rings. The van der Waals surface area contributed by atoms with Crippen LogP contribution in [0.5, 0.6) is 11.6 Å². The van der Waals surface area contributed by atoms with E-state index >= 15 is 0 Å². The fourth-order valence-electron chi connectivity index (χ4n) is 2.75. The van der Waals surface area contributed by atoms with E-state index in [0.717, 1.165) is 29.0 Å². The van der Waals surface area contributed by atoms with Crippen LogP contribution in [0.2, 0.25) is 0 Å². The molecule has 0 unspecified atom stereocenters. The van der Waals surface area contributed by atoms with Gasteiger partial charge in [-0.2, -0.15) is 35.3 Å². The van der Waals surface area contributed by atoms with Crippen molar-refractivity contribution in [1.29, 1.82) is 0 Å². The van der Waals surface area contributed by atoms with Crippen molar-refractivity contribution in [3.05, 3.63) is 78.5 Å². The van der Waals surface area contributed by atoms with Crippen molar-refractivity contribution in [1.82, 2.24) is 14.5 Å². The van der Waals surface area contributed by atoms with Crippen molar-refractivity contribution in [3.63, 3.8) is 0 Å². The molecule has 0 aliphatic carbocycles. The molecule has 13 heteroatoms. The molecule has 0 spiro atoms. The van der Waals surface area contributed by atoms with Crippen molar-refractivity contribution in [2.75, 3.05) is 0 Å². The number of allylic oxidation sites excluding steroid dienone is 1. The number of halogens is 7. The number of ether oxygens (including phenoxy) is 1. The van der Waals surface area contributed by atoms with Crippen molar-refractivity contribution in [2.24, 2.45) is 0 Å². The number of pyridine rings is 2. The highest BCUT2D eigenvalue weighted by Gasteiger charge is 2.38. The van der Waals surface area contributed by atoms with Gasteiger partial charge < -0.3 is 4.74 Å². The lowest BCUT2D eigenvalue weighted by molar-refractivity contribution is -0.687. The highest BCUT2D eigenvalue weighted by Crippen LogP contribution is 2.34. The van der Waals surface area contributed by atoms with Crippen LogP contribution < -0.4 is 9.30 Å². The first-order chi connectivity index (χ1) is 15.4. The van der Waals surface area contributed by atoms with Gasteiger partial charge in [-0.25, -0.2) is 14.5 Å². The summed E-state index contributed by atoms with van der Waals surface area (Å²) in [5.41, 5.74) is -3.63. The number of nitrogens with zero attached hydrogens (tertiary/aromatic N) is 4. The molecule has 0 bridgehead atoms. The third-order valence-corrected chi connectivity index (χ3v) is 4.18. The number of hydrogen-bond acceptors (Lipinski definition) is 4. The van der Waals surface area contributed by atoms with Crippen LogP contribution in [0.25, 0.3) is 0 Å². The Morgan fingerprint density at radius 2 is 1.85 bits per heavy atom. The van der Waals surface area contributed by atoms with Crippen molar-refractivity contribution >= 4 is 5.78 Å².